The van der Waals surface area contributed by atoms with Gasteiger partial charge in [0, 0.05) is 12.3 Å². The largest absolute Gasteiger partial charge is 0.461 e. The van der Waals surface area contributed by atoms with Gasteiger partial charge in [-0.3, -0.25) is 14.3 Å². The fourth-order valence-corrected chi connectivity index (χ4v) is 17.2. The van der Waals surface area contributed by atoms with E-state index in [0.717, 1.165) is 23.9 Å². The molecule has 41 heavy (non-hydrogen) atoms. The summed E-state index contributed by atoms with van der Waals surface area (Å²) in [6.45, 7) is 17.4. The Morgan fingerprint density at radius 2 is 1.61 bits per heavy atom. The van der Waals surface area contributed by atoms with Crippen LogP contribution < -0.4 is 11.2 Å². The van der Waals surface area contributed by atoms with Gasteiger partial charge in [-0.2, -0.15) is 5.26 Å². The zero-order valence-corrected chi connectivity index (χ0v) is 27.3. The molecule has 0 amide bonds. The summed E-state index contributed by atoms with van der Waals surface area (Å²) in [5.74, 6) is -2.74. The lowest BCUT2D eigenvalue weighted by Gasteiger charge is -2.52. The minimum Gasteiger partial charge on any atom is -0.461 e. The highest BCUT2D eigenvalue weighted by Gasteiger charge is 2.73. The van der Waals surface area contributed by atoms with Crippen molar-refractivity contribution in [3.63, 3.8) is 0 Å². The van der Waals surface area contributed by atoms with E-state index in [2.05, 4.69) is 9.72 Å². The van der Waals surface area contributed by atoms with E-state index in [0.29, 0.717) is 0 Å². The summed E-state index contributed by atoms with van der Waals surface area (Å²) < 4.78 is 38.4. The molecule has 1 N–H and O–H groups in total. The quantitative estimate of drug-likeness (QED) is 0.285. The highest BCUT2D eigenvalue weighted by Crippen LogP contribution is 2.53. The molecule has 0 aliphatic carbocycles. The molecule has 2 aliphatic rings. The Balaban J connectivity index is 2.37. The van der Waals surface area contributed by atoms with Gasteiger partial charge >= 0.3 is 34.8 Å². The van der Waals surface area contributed by atoms with Crippen LogP contribution in [0.25, 0.3) is 0 Å². The predicted molar refractivity (Wildman–Crippen MR) is 150 cm³/mol. The van der Waals surface area contributed by atoms with Gasteiger partial charge < -0.3 is 27.2 Å². The van der Waals surface area contributed by atoms with Crippen molar-refractivity contribution in [1.29, 1.82) is 5.26 Å². The van der Waals surface area contributed by atoms with Crippen LogP contribution in [-0.2, 0) is 42.5 Å². The predicted octanol–water partition coefficient (Wildman–Crippen LogP) is 2.54. The summed E-state index contributed by atoms with van der Waals surface area (Å²) in [6.07, 6.45) is -1.19. The molecule has 2 aliphatic heterocycles. The zero-order valence-electron chi connectivity index (χ0n) is 25.3. The molecular formula is C26H41N3O10Si2. The van der Waals surface area contributed by atoms with Gasteiger partial charge in [-0.1, -0.05) is 55.4 Å². The number of methoxy groups -OCH3 is 1. The maximum Gasteiger partial charge on any atom is 0.418 e. The molecule has 0 aromatic carbocycles. The van der Waals surface area contributed by atoms with Gasteiger partial charge in [-0.15, -0.1) is 0 Å². The van der Waals surface area contributed by atoms with Crippen LogP contribution in [0.5, 0.6) is 0 Å². The molecule has 1 aromatic heterocycles. The number of hydrogen-bond acceptors (Lipinski definition) is 11. The number of carbonyl (C=O) groups is 2. The van der Waals surface area contributed by atoms with E-state index in [1.807, 2.05) is 61.5 Å². The lowest BCUT2D eigenvalue weighted by atomic mass is 9.87. The van der Waals surface area contributed by atoms with E-state index in [4.69, 9.17) is 22.4 Å². The summed E-state index contributed by atoms with van der Waals surface area (Å²) in [5, 5.41) is 10.7. The van der Waals surface area contributed by atoms with Gasteiger partial charge in [0.1, 0.15) is 18.3 Å². The third-order valence-corrected chi connectivity index (χ3v) is 18.4. The maximum atomic E-state index is 13.1. The number of rotatable bonds is 6. The molecule has 0 bridgehead atoms. The van der Waals surface area contributed by atoms with Gasteiger partial charge in [0.25, 0.3) is 11.3 Å². The first-order chi connectivity index (χ1) is 19.0. The molecule has 1 aromatic rings. The highest BCUT2D eigenvalue weighted by molar-refractivity contribution is 6.84. The van der Waals surface area contributed by atoms with Gasteiger partial charge in [-0.05, 0) is 29.1 Å². The average molecular weight is 612 g/mol. The minimum atomic E-state index is -3.35. The first-order valence-electron chi connectivity index (χ1n) is 13.7. The molecule has 3 heterocycles. The minimum absolute atomic E-state index is 0.0134. The molecule has 13 nitrogen and oxygen atoms in total. The van der Waals surface area contributed by atoms with Crippen molar-refractivity contribution in [2.45, 2.75) is 108 Å². The molecule has 2 saturated heterocycles. The van der Waals surface area contributed by atoms with E-state index in [9.17, 15) is 24.4 Å². The van der Waals surface area contributed by atoms with Gasteiger partial charge in [-0.25, -0.2) is 14.4 Å². The number of nitriles is 1. The fraction of sp³-hybridized carbons (Fsp3) is 0.731. The third-order valence-electron chi connectivity index (χ3n) is 8.17. The molecule has 15 heteroatoms. The number of esters is 2. The Morgan fingerprint density at radius 1 is 1.05 bits per heavy atom. The first-order valence-corrected chi connectivity index (χ1v) is 17.7. The van der Waals surface area contributed by atoms with Crippen LogP contribution in [0.15, 0.2) is 21.9 Å². The molecule has 0 saturated carbocycles. The second-order valence-corrected chi connectivity index (χ2v) is 20.7. The second kappa shape index (κ2) is 11.6. The fourth-order valence-electron chi connectivity index (χ4n) is 5.98. The molecular weight excluding hydrogens is 570 g/mol. The van der Waals surface area contributed by atoms with Crippen molar-refractivity contribution >= 4 is 29.1 Å². The van der Waals surface area contributed by atoms with E-state index >= 15 is 0 Å². The SMILES string of the molecule is COC(=O)C(=O)OC1(C)C2O[Si](C(C)C)(C(C)C)O[Si](C(C)C)(C(C)C)OCC2OC1(C#N)n1ccc(=O)[nH]c1=O. The van der Waals surface area contributed by atoms with Crippen LogP contribution in [-0.4, -0.2) is 70.1 Å². The van der Waals surface area contributed by atoms with Crippen LogP contribution in [0.4, 0.5) is 0 Å². The average Bonchev–Trinajstić information content (AvgIpc) is 3.09. The number of hydrogen-bond donors (Lipinski definition) is 1. The van der Waals surface area contributed by atoms with Gasteiger partial charge in [0.2, 0.25) is 0 Å². The lowest BCUT2D eigenvalue weighted by molar-refractivity contribution is -0.201. The third kappa shape index (κ3) is 5.14. The number of nitrogens with zero attached hydrogens (tertiary/aromatic N) is 2. The molecule has 4 unspecified atom stereocenters. The van der Waals surface area contributed by atoms with E-state index < -0.39 is 63.8 Å². The van der Waals surface area contributed by atoms with E-state index in [-0.39, 0.29) is 28.8 Å². The molecule has 3 rings (SSSR count). The number of aromatic nitrogens is 2. The van der Waals surface area contributed by atoms with Crippen molar-refractivity contribution in [1.82, 2.24) is 9.55 Å². The summed E-state index contributed by atoms with van der Waals surface area (Å²) in [5.41, 5.74) is -6.44. The van der Waals surface area contributed by atoms with E-state index in [1.165, 1.54) is 6.92 Å². The number of ether oxygens (including phenoxy) is 3. The standard InChI is InChI=1S/C26H41N3O10Si2/c1-15(2)40(16(3)4)35-13-19-21(38-41(39-40,17(5)6)18(7)8)25(9,37-23(32)22(31)34-10)26(14-27,36-19)29-12-11-20(30)28-24(29)33/h11-12,15-19,21H,13H2,1-10H3,(H,28,30,33). The zero-order chi connectivity index (χ0) is 31.1. The molecule has 4 atom stereocenters. The Hall–Kier alpha value is -2.62. The van der Waals surface area contributed by atoms with Crippen LogP contribution in [0, 0.1) is 11.3 Å². The number of carbonyl (C=O) groups excluding carboxylic acids is 2. The van der Waals surface area contributed by atoms with Crippen molar-refractivity contribution in [3.8, 4) is 6.07 Å². The molecule has 228 valence electrons. The van der Waals surface area contributed by atoms with Crippen molar-refractivity contribution in [2.75, 3.05) is 13.7 Å². The molecule has 0 radical (unpaired) electrons. The van der Waals surface area contributed by atoms with Crippen molar-refractivity contribution < 1.29 is 36.8 Å². The molecule has 0 spiro atoms. The number of nitrogens with one attached hydrogen (secondary N) is 1. The number of H-pyrrole nitrogens is 1. The van der Waals surface area contributed by atoms with Crippen LogP contribution >= 0.6 is 0 Å². The van der Waals surface area contributed by atoms with Gasteiger partial charge in [0.05, 0.1) is 13.7 Å². The second-order valence-electron chi connectivity index (χ2n) is 11.9. The topological polar surface area (TPSA) is 168 Å². The summed E-state index contributed by atoms with van der Waals surface area (Å²) >= 11 is 0. The number of fused-ring (bicyclic) bond motifs is 1. The smallest absolute Gasteiger partial charge is 0.418 e. The van der Waals surface area contributed by atoms with Crippen molar-refractivity contribution in [2.24, 2.45) is 0 Å². The highest BCUT2D eigenvalue weighted by atomic mass is 28.5. The lowest BCUT2D eigenvalue weighted by Crippen LogP contribution is -2.68. The summed E-state index contributed by atoms with van der Waals surface area (Å²) in [6, 6.07) is 3.03. The van der Waals surface area contributed by atoms with Crippen LogP contribution in [0.3, 0.4) is 0 Å². The Kier molecular flexibility index (Phi) is 9.29. The van der Waals surface area contributed by atoms with E-state index in [1.54, 1.807) is 0 Å². The Labute approximate surface area is 241 Å². The van der Waals surface area contributed by atoms with Gasteiger partial charge in [0.15, 0.2) is 5.60 Å². The van der Waals surface area contributed by atoms with Crippen LogP contribution in [0.2, 0.25) is 22.2 Å². The maximum absolute atomic E-state index is 13.1. The Bertz CT molecular complexity index is 1300. The van der Waals surface area contributed by atoms with Crippen LogP contribution in [0.1, 0.15) is 62.3 Å². The first kappa shape index (κ1) is 32.9. The van der Waals surface area contributed by atoms with Crippen molar-refractivity contribution in [3.05, 3.63) is 33.1 Å². The normalized spacial score (nSPS) is 29.1. The summed E-state index contributed by atoms with van der Waals surface area (Å²) in [4.78, 5) is 52.3. The Morgan fingerprint density at radius 3 is 2.07 bits per heavy atom. The number of aromatic amines is 1. The molecule has 2 fully saturated rings. The monoisotopic (exact) mass is 611 g/mol. The summed E-state index contributed by atoms with van der Waals surface area (Å²) in [7, 11) is -5.36.